The van der Waals surface area contributed by atoms with Crippen LogP contribution in [-0.2, 0) is 4.74 Å². The van der Waals surface area contributed by atoms with Gasteiger partial charge in [0.25, 0.3) is 0 Å². The number of nitrogens with zero attached hydrogens (tertiary/aromatic N) is 3. The molecule has 0 aliphatic carbocycles. The van der Waals surface area contributed by atoms with Crippen LogP contribution >= 0.6 is 0 Å². The summed E-state index contributed by atoms with van der Waals surface area (Å²) in [6.07, 6.45) is 1.23. The predicted molar refractivity (Wildman–Crippen MR) is 65.6 cm³/mol. The van der Waals surface area contributed by atoms with E-state index in [1.165, 1.54) is 0 Å². The van der Waals surface area contributed by atoms with Crippen LogP contribution in [0.1, 0.15) is 19.0 Å². The van der Waals surface area contributed by atoms with Crippen LogP contribution in [0.15, 0.2) is 12.1 Å². The molecule has 90 valence electrons. The summed E-state index contributed by atoms with van der Waals surface area (Å²) in [6.45, 7) is 4.42. The minimum Gasteiger partial charge on any atom is -0.396 e. The zero-order valence-electron chi connectivity index (χ0n) is 9.89. The lowest BCUT2D eigenvalue weighted by Crippen LogP contribution is -2.42. The first-order chi connectivity index (χ1) is 8.24. The van der Waals surface area contributed by atoms with Gasteiger partial charge in [-0.2, -0.15) is 5.26 Å². The van der Waals surface area contributed by atoms with Gasteiger partial charge in [0, 0.05) is 13.1 Å². The van der Waals surface area contributed by atoms with Gasteiger partial charge < -0.3 is 15.4 Å². The molecule has 1 atom stereocenters. The standard InChI is InChI=1S/C12H16N4O/c1-2-9-8-16(5-6-17-9)12-4-3-10(14)11(7-13)15-12/h3-4,9H,2,5-6,8,14H2,1H3. The summed E-state index contributed by atoms with van der Waals surface area (Å²) >= 11 is 0. The molecule has 0 saturated carbocycles. The summed E-state index contributed by atoms with van der Waals surface area (Å²) in [7, 11) is 0. The van der Waals surface area contributed by atoms with Crippen molar-refractivity contribution in [2.45, 2.75) is 19.4 Å². The monoisotopic (exact) mass is 232 g/mol. The molecule has 5 nitrogen and oxygen atoms in total. The van der Waals surface area contributed by atoms with Gasteiger partial charge in [0.1, 0.15) is 11.9 Å². The van der Waals surface area contributed by atoms with E-state index in [1.807, 2.05) is 12.1 Å². The topological polar surface area (TPSA) is 75.2 Å². The molecule has 1 aliphatic rings. The normalized spacial score (nSPS) is 20.0. The highest BCUT2D eigenvalue weighted by molar-refractivity contribution is 5.55. The summed E-state index contributed by atoms with van der Waals surface area (Å²) in [6, 6.07) is 5.59. The minimum absolute atomic E-state index is 0.244. The van der Waals surface area contributed by atoms with Crippen molar-refractivity contribution in [2.24, 2.45) is 0 Å². The van der Waals surface area contributed by atoms with E-state index in [1.54, 1.807) is 6.07 Å². The quantitative estimate of drug-likeness (QED) is 0.827. The van der Waals surface area contributed by atoms with Crippen LogP contribution in [0.4, 0.5) is 11.5 Å². The molecule has 1 aromatic heterocycles. The lowest BCUT2D eigenvalue weighted by atomic mass is 10.2. The Morgan fingerprint density at radius 1 is 1.65 bits per heavy atom. The molecular weight excluding hydrogens is 216 g/mol. The van der Waals surface area contributed by atoms with Gasteiger partial charge in [0.05, 0.1) is 18.4 Å². The van der Waals surface area contributed by atoms with E-state index in [9.17, 15) is 0 Å². The molecule has 0 radical (unpaired) electrons. The maximum atomic E-state index is 8.90. The van der Waals surface area contributed by atoms with E-state index in [0.29, 0.717) is 18.0 Å². The highest BCUT2D eigenvalue weighted by atomic mass is 16.5. The van der Waals surface area contributed by atoms with Crippen molar-refractivity contribution in [2.75, 3.05) is 30.3 Å². The fourth-order valence-corrected chi connectivity index (χ4v) is 1.90. The number of ether oxygens (including phenoxy) is 1. The number of nitrogen functional groups attached to an aromatic ring is 1. The molecule has 5 heteroatoms. The average molecular weight is 232 g/mol. The molecular formula is C12H16N4O. The Hall–Kier alpha value is -1.80. The maximum absolute atomic E-state index is 8.90. The number of nitrogens with two attached hydrogens (primary N) is 1. The first-order valence-electron chi connectivity index (χ1n) is 5.77. The molecule has 0 aromatic carbocycles. The van der Waals surface area contributed by atoms with Crippen LogP contribution in [0.2, 0.25) is 0 Å². The van der Waals surface area contributed by atoms with Gasteiger partial charge in [-0.25, -0.2) is 4.98 Å². The van der Waals surface area contributed by atoms with Gasteiger partial charge in [-0.3, -0.25) is 0 Å². The average Bonchev–Trinajstić information content (AvgIpc) is 2.39. The number of hydrogen-bond acceptors (Lipinski definition) is 5. The van der Waals surface area contributed by atoms with E-state index >= 15 is 0 Å². The molecule has 2 rings (SSSR count). The minimum atomic E-state index is 0.244. The zero-order valence-corrected chi connectivity index (χ0v) is 9.89. The van der Waals surface area contributed by atoms with Crippen LogP contribution in [0.25, 0.3) is 0 Å². The van der Waals surface area contributed by atoms with E-state index < -0.39 is 0 Å². The van der Waals surface area contributed by atoms with Crippen molar-refractivity contribution < 1.29 is 4.74 Å². The molecule has 1 unspecified atom stereocenters. The van der Waals surface area contributed by atoms with Crippen molar-refractivity contribution in [3.8, 4) is 6.07 Å². The van der Waals surface area contributed by atoms with Gasteiger partial charge in [-0.1, -0.05) is 6.92 Å². The van der Waals surface area contributed by atoms with E-state index in [0.717, 1.165) is 25.3 Å². The molecule has 2 heterocycles. The first kappa shape index (κ1) is 11.7. The third-order valence-electron chi connectivity index (χ3n) is 2.94. The van der Waals surface area contributed by atoms with Gasteiger partial charge in [0.2, 0.25) is 0 Å². The second-order valence-electron chi connectivity index (χ2n) is 4.07. The molecule has 2 N–H and O–H groups in total. The summed E-state index contributed by atoms with van der Waals surface area (Å²) in [5.74, 6) is 0.803. The third-order valence-corrected chi connectivity index (χ3v) is 2.94. The number of morpholine rings is 1. The van der Waals surface area contributed by atoms with E-state index in [2.05, 4.69) is 16.8 Å². The summed E-state index contributed by atoms with van der Waals surface area (Å²) in [5.41, 5.74) is 6.38. The van der Waals surface area contributed by atoms with Crippen LogP contribution in [-0.4, -0.2) is 30.8 Å². The Kier molecular flexibility index (Phi) is 3.45. The Labute approximate surface area is 101 Å². The molecule has 17 heavy (non-hydrogen) atoms. The van der Waals surface area contributed by atoms with Crippen LogP contribution < -0.4 is 10.6 Å². The fourth-order valence-electron chi connectivity index (χ4n) is 1.90. The molecule has 1 fully saturated rings. The van der Waals surface area contributed by atoms with Crippen molar-refractivity contribution in [3.05, 3.63) is 17.8 Å². The third kappa shape index (κ3) is 2.48. The maximum Gasteiger partial charge on any atom is 0.165 e. The van der Waals surface area contributed by atoms with Gasteiger partial charge >= 0.3 is 0 Å². The highest BCUT2D eigenvalue weighted by Crippen LogP contribution is 2.19. The summed E-state index contributed by atoms with van der Waals surface area (Å²) in [5, 5.41) is 8.90. The Morgan fingerprint density at radius 2 is 2.47 bits per heavy atom. The number of hydrogen-bond donors (Lipinski definition) is 1. The lowest BCUT2D eigenvalue weighted by Gasteiger charge is -2.33. The zero-order chi connectivity index (χ0) is 12.3. The van der Waals surface area contributed by atoms with Gasteiger partial charge in [-0.15, -0.1) is 0 Å². The lowest BCUT2D eigenvalue weighted by molar-refractivity contribution is 0.0381. The molecule has 0 amide bonds. The Bertz CT molecular complexity index is 441. The second-order valence-corrected chi connectivity index (χ2v) is 4.07. The molecule has 1 aliphatic heterocycles. The smallest absolute Gasteiger partial charge is 0.165 e. The SMILES string of the molecule is CCC1CN(c2ccc(N)c(C#N)n2)CCO1. The highest BCUT2D eigenvalue weighted by Gasteiger charge is 2.20. The molecule has 1 saturated heterocycles. The molecule has 0 spiro atoms. The Balaban J connectivity index is 2.19. The number of anilines is 2. The van der Waals surface area contributed by atoms with E-state index in [-0.39, 0.29) is 6.10 Å². The number of pyridine rings is 1. The summed E-state index contributed by atoms with van der Waals surface area (Å²) < 4.78 is 5.60. The van der Waals surface area contributed by atoms with Crippen molar-refractivity contribution >= 4 is 11.5 Å². The number of nitriles is 1. The fraction of sp³-hybridized carbons (Fsp3) is 0.500. The van der Waals surface area contributed by atoms with Crippen molar-refractivity contribution in [1.82, 2.24) is 4.98 Å². The largest absolute Gasteiger partial charge is 0.396 e. The van der Waals surface area contributed by atoms with Crippen LogP contribution in [0.3, 0.4) is 0 Å². The Morgan fingerprint density at radius 3 is 3.18 bits per heavy atom. The van der Waals surface area contributed by atoms with Crippen molar-refractivity contribution in [3.63, 3.8) is 0 Å². The van der Waals surface area contributed by atoms with Gasteiger partial charge in [0.15, 0.2) is 5.69 Å². The van der Waals surface area contributed by atoms with Gasteiger partial charge in [-0.05, 0) is 18.6 Å². The molecule has 0 bridgehead atoms. The number of rotatable bonds is 2. The first-order valence-corrected chi connectivity index (χ1v) is 5.77. The van der Waals surface area contributed by atoms with Crippen molar-refractivity contribution in [1.29, 1.82) is 5.26 Å². The molecule has 1 aromatic rings. The van der Waals surface area contributed by atoms with E-state index in [4.69, 9.17) is 15.7 Å². The van der Waals surface area contributed by atoms with Crippen LogP contribution in [0.5, 0.6) is 0 Å². The second kappa shape index (κ2) is 5.02. The predicted octanol–water partition coefficient (Wildman–Crippen LogP) is 1.15. The number of aromatic nitrogens is 1. The summed E-state index contributed by atoms with van der Waals surface area (Å²) in [4.78, 5) is 6.40. The van der Waals surface area contributed by atoms with Crippen LogP contribution in [0, 0.1) is 11.3 Å².